The molecule has 0 heterocycles. The van der Waals surface area contributed by atoms with Gasteiger partial charge in [-0.15, -0.1) is 0 Å². The fourth-order valence-electron chi connectivity index (χ4n) is 3.33. The van der Waals surface area contributed by atoms with Gasteiger partial charge < -0.3 is 10.2 Å². The molecule has 10 heteroatoms. The number of aromatic carboxylic acids is 1. The van der Waals surface area contributed by atoms with Gasteiger partial charge in [-0.05, 0) is 42.5 Å². The van der Waals surface area contributed by atoms with Crippen LogP contribution in [0.5, 0.6) is 5.75 Å². The SMILES string of the molecule is FC(F)(F)c1ccccc1[S+](c1ccccc1)c1ccccc1C(F)(F)F.O=C(O)c1ccccc1[O-]. The Morgan fingerprint density at radius 1 is 0.622 bits per heavy atom. The molecule has 3 nitrogen and oxygen atoms in total. The molecule has 0 unspecified atom stereocenters. The molecule has 0 aromatic heterocycles. The first kappa shape index (κ1) is 27.7. The smallest absolute Gasteiger partial charge is 0.421 e. The van der Waals surface area contributed by atoms with Gasteiger partial charge in [0, 0.05) is 0 Å². The Kier molecular flexibility index (Phi) is 8.54. The van der Waals surface area contributed by atoms with E-state index in [1.54, 1.807) is 30.3 Å². The number of para-hydroxylation sites is 1. The van der Waals surface area contributed by atoms with Gasteiger partial charge in [-0.1, -0.05) is 66.4 Å². The van der Waals surface area contributed by atoms with E-state index in [2.05, 4.69) is 0 Å². The van der Waals surface area contributed by atoms with E-state index < -0.39 is 46.1 Å². The first-order valence-corrected chi connectivity index (χ1v) is 11.7. The summed E-state index contributed by atoms with van der Waals surface area (Å²) in [6, 6.07) is 23.0. The largest absolute Gasteiger partial charge is 0.872 e. The summed E-state index contributed by atoms with van der Waals surface area (Å²) in [5, 5.41) is 19.0. The van der Waals surface area contributed by atoms with Crippen LogP contribution in [-0.2, 0) is 23.2 Å². The molecule has 4 aromatic carbocycles. The van der Waals surface area contributed by atoms with Crippen LogP contribution >= 0.6 is 0 Å². The van der Waals surface area contributed by atoms with E-state index in [1.165, 1.54) is 60.7 Å². The van der Waals surface area contributed by atoms with Gasteiger partial charge in [-0.3, -0.25) is 0 Å². The molecule has 0 saturated heterocycles. The van der Waals surface area contributed by atoms with Crippen LogP contribution in [-0.4, -0.2) is 11.1 Å². The first-order chi connectivity index (χ1) is 17.4. The standard InChI is InChI=1S/C20H13F6S.C7H6O3/c21-19(22,23)15-10-4-6-12-17(15)27(14-8-2-1-3-9-14)18-13-7-5-11-16(18)20(24,25)26;8-6-4-2-1-3-5(6)7(9)10/h1-13H;1-4,8H,(H,9,10)/q+1;/p-1. The van der Waals surface area contributed by atoms with Crippen LogP contribution < -0.4 is 5.11 Å². The molecule has 0 saturated carbocycles. The second-order valence-electron chi connectivity index (χ2n) is 7.41. The quantitative estimate of drug-likeness (QED) is 0.220. The van der Waals surface area contributed by atoms with Crippen LogP contribution in [0.4, 0.5) is 26.3 Å². The maximum Gasteiger partial charge on any atom is 0.421 e. The highest BCUT2D eigenvalue weighted by molar-refractivity contribution is 7.97. The molecule has 0 radical (unpaired) electrons. The van der Waals surface area contributed by atoms with Crippen molar-refractivity contribution in [2.75, 3.05) is 0 Å². The second-order valence-corrected chi connectivity index (χ2v) is 9.37. The van der Waals surface area contributed by atoms with Crippen molar-refractivity contribution in [3.8, 4) is 5.75 Å². The minimum Gasteiger partial charge on any atom is -0.872 e. The second kappa shape index (κ2) is 11.4. The summed E-state index contributed by atoms with van der Waals surface area (Å²) in [6.07, 6.45) is -9.35. The van der Waals surface area contributed by atoms with Crippen molar-refractivity contribution in [2.45, 2.75) is 27.0 Å². The number of benzene rings is 4. The van der Waals surface area contributed by atoms with Gasteiger partial charge in [0.05, 0.1) is 5.56 Å². The van der Waals surface area contributed by atoms with Crippen molar-refractivity contribution in [3.63, 3.8) is 0 Å². The maximum absolute atomic E-state index is 13.6. The third-order valence-electron chi connectivity index (χ3n) is 4.92. The molecule has 0 spiro atoms. The van der Waals surface area contributed by atoms with Crippen LogP contribution in [0.25, 0.3) is 0 Å². The molecule has 0 atom stereocenters. The van der Waals surface area contributed by atoms with Gasteiger partial charge in [0.1, 0.15) is 22.0 Å². The summed E-state index contributed by atoms with van der Waals surface area (Å²) in [5.74, 6) is -1.62. The Bertz CT molecular complexity index is 1300. The summed E-state index contributed by atoms with van der Waals surface area (Å²) < 4.78 is 81.3. The lowest BCUT2D eigenvalue weighted by Gasteiger charge is -2.16. The van der Waals surface area contributed by atoms with Crippen molar-refractivity contribution in [2.24, 2.45) is 0 Å². The summed E-state index contributed by atoms with van der Waals surface area (Å²) in [5.41, 5.74) is -2.05. The topological polar surface area (TPSA) is 60.4 Å². The average molecular weight is 536 g/mol. The number of hydrogen-bond acceptors (Lipinski definition) is 2. The minimum absolute atomic E-state index is 0.178. The molecule has 0 aliphatic rings. The lowest BCUT2D eigenvalue weighted by atomic mass is 10.2. The predicted molar refractivity (Wildman–Crippen MR) is 124 cm³/mol. The number of alkyl halides is 6. The fraction of sp³-hybridized carbons (Fsp3) is 0.0741. The molecule has 192 valence electrons. The summed E-state index contributed by atoms with van der Waals surface area (Å²) in [6.45, 7) is 0. The summed E-state index contributed by atoms with van der Waals surface area (Å²) in [4.78, 5) is 10.2. The van der Waals surface area contributed by atoms with Crippen molar-refractivity contribution < 1.29 is 41.4 Å². The molecular weight excluding hydrogens is 518 g/mol. The molecule has 0 fully saturated rings. The van der Waals surface area contributed by atoms with Gasteiger partial charge in [0.2, 0.25) is 0 Å². The van der Waals surface area contributed by atoms with Crippen LogP contribution in [0.1, 0.15) is 21.5 Å². The predicted octanol–water partition coefficient (Wildman–Crippen LogP) is 7.28. The lowest BCUT2D eigenvalue weighted by Crippen LogP contribution is -2.18. The van der Waals surface area contributed by atoms with Crippen LogP contribution in [0.2, 0.25) is 0 Å². The molecule has 0 amide bonds. The highest BCUT2D eigenvalue weighted by atomic mass is 32.2. The minimum atomic E-state index is -4.68. The average Bonchev–Trinajstić information content (AvgIpc) is 2.85. The Morgan fingerprint density at radius 3 is 1.43 bits per heavy atom. The van der Waals surface area contributed by atoms with Crippen molar-refractivity contribution in [1.82, 2.24) is 0 Å². The summed E-state index contributed by atoms with van der Waals surface area (Å²) in [7, 11) is -1.57. The molecule has 0 bridgehead atoms. The number of rotatable bonds is 4. The molecule has 4 aromatic rings. The van der Waals surface area contributed by atoms with Crippen LogP contribution in [0, 0.1) is 0 Å². The normalized spacial score (nSPS) is 11.5. The Morgan fingerprint density at radius 2 is 1.03 bits per heavy atom. The van der Waals surface area contributed by atoms with Gasteiger partial charge in [0.25, 0.3) is 0 Å². The van der Waals surface area contributed by atoms with Crippen molar-refractivity contribution >= 4 is 16.9 Å². The molecule has 0 aliphatic carbocycles. The number of hydrogen-bond donors (Lipinski definition) is 1. The zero-order valence-electron chi connectivity index (χ0n) is 18.8. The van der Waals surface area contributed by atoms with E-state index in [1.807, 2.05) is 0 Å². The lowest BCUT2D eigenvalue weighted by molar-refractivity contribution is -0.268. The summed E-state index contributed by atoms with van der Waals surface area (Å²) >= 11 is 0. The number of halogens is 6. The van der Waals surface area contributed by atoms with Gasteiger partial charge in [0.15, 0.2) is 14.7 Å². The number of carbonyl (C=O) groups is 1. The third-order valence-corrected chi connectivity index (χ3v) is 7.26. The molecule has 37 heavy (non-hydrogen) atoms. The van der Waals surface area contributed by atoms with E-state index >= 15 is 0 Å². The molecule has 0 aliphatic heterocycles. The number of carboxylic acid groups (broad SMARTS) is 1. The van der Waals surface area contributed by atoms with E-state index in [0.717, 1.165) is 12.1 Å². The van der Waals surface area contributed by atoms with Crippen molar-refractivity contribution in [1.29, 1.82) is 0 Å². The van der Waals surface area contributed by atoms with E-state index in [-0.39, 0.29) is 15.4 Å². The zero-order valence-corrected chi connectivity index (χ0v) is 19.6. The van der Waals surface area contributed by atoms with Gasteiger partial charge >= 0.3 is 18.3 Å². The Labute approximate surface area is 211 Å². The highest BCUT2D eigenvalue weighted by Gasteiger charge is 2.45. The third kappa shape index (κ3) is 6.85. The molecule has 1 N–H and O–H groups in total. The van der Waals surface area contributed by atoms with Crippen molar-refractivity contribution in [3.05, 3.63) is 120 Å². The highest BCUT2D eigenvalue weighted by Crippen LogP contribution is 2.44. The van der Waals surface area contributed by atoms with E-state index in [4.69, 9.17) is 5.11 Å². The van der Waals surface area contributed by atoms with Crippen LogP contribution in [0.3, 0.4) is 0 Å². The fourth-order valence-corrected chi connectivity index (χ4v) is 5.74. The maximum atomic E-state index is 13.6. The van der Waals surface area contributed by atoms with E-state index in [9.17, 15) is 36.2 Å². The van der Waals surface area contributed by atoms with E-state index in [0.29, 0.717) is 4.90 Å². The van der Waals surface area contributed by atoms with Gasteiger partial charge in [-0.25, -0.2) is 4.79 Å². The Balaban J connectivity index is 0.000000319. The zero-order chi connectivity index (χ0) is 27.2. The number of carboxylic acids is 1. The molecule has 4 rings (SSSR count). The first-order valence-electron chi connectivity index (χ1n) is 10.5. The molecular formula is C27H18F6O3S. The Hall–Kier alpha value is -3.92. The van der Waals surface area contributed by atoms with Gasteiger partial charge in [-0.2, -0.15) is 26.3 Å². The monoisotopic (exact) mass is 536 g/mol. The van der Waals surface area contributed by atoms with Crippen LogP contribution in [0.15, 0.2) is 118 Å².